The summed E-state index contributed by atoms with van der Waals surface area (Å²) in [5.41, 5.74) is 1.51. The molecule has 0 saturated carbocycles. The molecule has 0 saturated heterocycles. The molecule has 0 unspecified atom stereocenters. The van der Waals surface area contributed by atoms with E-state index in [1.807, 2.05) is 0 Å². The highest BCUT2D eigenvalue weighted by Crippen LogP contribution is 2.20. The number of anilines is 1. The summed E-state index contributed by atoms with van der Waals surface area (Å²) in [6.45, 7) is 7.70. The van der Waals surface area contributed by atoms with Gasteiger partial charge in [0, 0.05) is 12.2 Å². The van der Waals surface area contributed by atoms with Crippen LogP contribution in [0.4, 0.5) is 5.69 Å². The van der Waals surface area contributed by atoms with Crippen molar-refractivity contribution in [2.24, 2.45) is 5.41 Å². The van der Waals surface area contributed by atoms with Crippen LogP contribution in [0.1, 0.15) is 20.8 Å². The van der Waals surface area contributed by atoms with Gasteiger partial charge < -0.3 is 5.32 Å². The minimum atomic E-state index is 0.311. The predicted octanol–water partition coefficient (Wildman–Crippen LogP) is 4.30. The van der Waals surface area contributed by atoms with Crippen molar-refractivity contribution in [2.75, 3.05) is 11.9 Å². The van der Waals surface area contributed by atoms with Crippen molar-refractivity contribution in [3.63, 3.8) is 0 Å². The Morgan fingerprint density at radius 2 is 1.62 bits per heavy atom. The van der Waals surface area contributed by atoms with Gasteiger partial charge in [-0.2, -0.15) is 0 Å². The van der Waals surface area contributed by atoms with Gasteiger partial charge in [0.15, 0.2) is 0 Å². The van der Waals surface area contributed by atoms with Gasteiger partial charge in [-0.1, -0.05) is 51.1 Å². The van der Waals surface area contributed by atoms with Gasteiger partial charge in [-0.3, -0.25) is 0 Å². The van der Waals surface area contributed by atoms with Gasteiger partial charge >= 0.3 is 0 Å². The van der Waals surface area contributed by atoms with Gasteiger partial charge in [0.05, 0.1) is 0 Å². The molecule has 0 aromatic heterocycles. The van der Waals surface area contributed by atoms with Gasteiger partial charge in [0.1, 0.15) is 0 Å². The molecule has 0 atom stereocenters. The molecular formula is C15H19N. The highest BCUT2D eigenvalue weighted by molar-refractivity contribution is 5.85. The van der Waals surface area contributed by atoms with Crippen molar-refractivity contribution in [2.45, 2.75) is 20.8 Å². The standard InChI is InChI=1S/C15H19N/c1-15(2,3)11-16-14-9-8-12-6-4-5-7-13(12)10-14/h4-10,16H,11H2,1-3H3. The lowest BCUT2D eigenvalue weighted by atomic mass is 9.97. The Hall–Kier alpha value is -1.50. The first-order valence-corrected chi connectivity index (χ1v) is 5.77. The van der Waals surface area contributed by atoms with E-state index in [2.05, 4.69) is 68.6 Å². The zero-order chi connectivity index (χ0) is 11.6. The molecule has 1 heteroatoms. The van der Waals surface area contributed by atoms with Crippen LogP contribution < -0.4 is 5.32 Å². The highest BCUT2D eigenvalue weighted by Gasteiger charge is 2.09. The normalized spacial score (nSPS) is 11.7. The molecule has 84 valence electrons. The van der Waals surface area contributed by atoms with E-state index in [-0.39, 0.29) is 0 Å². The largest absolute Gasteiger partial charge is 0.385 e. The van der Waals surface area contributed by atoms with E-state index >= 15 is 0 Å². The molecule has 0 aliphatic rings. The van der Waals surface area contributed by atoms with E-state index in [1.165, 1.54) is 16.5 Å². The van der Waals surface area contributed by atoms with Crippen molar-refractivity contribution in [1.29, 1.82) is 0 Å². The zero-order valence-electron chi connectivity index (χ0n) is 10.2. The second-order valence-corrected chi connectivity index (χ2v) is 5.48. The second-order valence-electron chi connectivity index (χ2n) is 5.48. The first kappa shape index (κ1) is 11.0. The van der Waals surface area contributed by atoms with Gasteiger partial charge in [0.25, 0.3) is 0 Å². The van der Waals surface area contributed by atoms with Crippen LogP contribution in [0.2, 0.25) is 0 Å². The van der Waals surface area contributed by atoms with Crippen LogP contribution in [0.15, 0.2) is 42.5 Å². The lowest BCUT2D eigenvalue weighted by molar-refractivity contribution is 0.443. The minimum Gasteiger partial charge on any atom is -0.385 e. The maximum absolute atomic E-state index is 3.48. The van der Waals surface area contributed by atoms with Crippen LogP contribution in [-0.4, -0.2) is 6.54 Å². The molecule has 1 nitrogen and oxygen atoms in total. The molecule has 0 bridgehead atoms. The molecule has 2 rings (SSSR count). The molecule has 0 fully saturated rings. The van der Waals surface area contributed by atoms with Crippen LogP contribution in [0, 0.1) is 5.41 Å². The first-order valence-electron chi connectivity index (χ1n) is 5.77. The van der Waals surface area contributed by atoms with Crippen LogP contribution in [0.3, 0.4) is 0 Å². The predicted molar refractivity (Wildman–Crippen MR) is 71.9 cm³/mol. The number of hydrogen-bond donors (Lipinski definition) is 1. The molecule has 0 aliphatic carbocycles. The van der Waals surface area contributed by atoms with E-state index in [9.17, 15) is 0 Å². The third-order valence-electron chi connectivity index (χ3n) is 2.57. The highest BCUT2D eigenvalue weighted by atomic mass is 14.9. The number of fused-ring (bicyclic) bond motifs is 1. The van der Waals surface area contributed by atoms with E-state index in [1.54, 1.807) is 0 Å². The summed E-state index contributed by atoms with van der Waals surface area (Å²) < 4.78 is 0. The van der Waals surface area contributed by atoms with Crippen molar-refractivity contribution >= 4 is 16.5 Å². The van der Waals surface area contributed by atoms with Crippen LogP contribution in [0.25, 0.3) is 10.8 Å². The van der Waals surface area contributed by atoms with Crippen molar-refractivity contribution in [1.82, 2.24) is 0 Å². The molecule has 16 heavy (non-hydrogen) atoms. The zero-order valence-corrected chi connectivity index (χ0v) is 10.2. The van der Waals surface area contributed by atoms with Crippen LogP contribution in [0.5, 0.6) is 0 Å². The number of hydrogen-bond acceptors (Lipinski definition) is 1. The smallest absolute Gasteiger partial charge is 0.0346 e. The quantitative estimate of drug-likeness (QED) is 0.784. The fourth-order valence-electron chi connectivity index (χ4n) is 1.67. The summed E-state index contributed by atoms with van der Waals surface area (Å²) in [6.07, 6.45) is 0. The van der Waals surface area contributed by atoms with Crippen LogP contribution in [-0.2, 0) is 0 Å². The molecule has 0 spiro atoms. The Morgan fingerprint density at radius 3 is 2.31 bits per heavy atom. The summed E-state index contributed by atoms with van der Waals surface area (Å²) in [5.74, 6) is 0. The van der Waals surface area contributed by atoms with E-state index in [0.717, 1.165) is 6.54 Å². The number of benzene rings is 2. The van der Waals surface area contributed by atoms with Gasteiger partial charge in [-0.15, -0.1) is 0 Å². The third-order valence-corrected chi connectivity index (χ3v) is 2.57. The Bertz CT molecular complexity index is 480. The summed E-state index contributed by atoms with van der Waals surface area (Å²) in [4.78, 5) is 0. The van der Waals surface area contributed by atoms with Crippen molar-refractivity contribution < 1.29 is 0 Å². The fraction of sp³-hybridized carbons (Fsp3) is 0.333. The van der Waals surface area contributed by atoms with E-state index < -0.39 is 0 Å². The summed E-state index contributed by atoms with van der Waals surface area (Å²) in [6, 6.07) is 15.0. The maximum atomic E-state index is 3.48. The fourth-order valence-corrected chi connectivity index (χ4v) is 1.67. The van der Waals surface area contributed by atoms with E-state index in [4.69, 9.17) is 0 Å². The topological polar surface area (TPSA) is 12.0 Å². The molecule has 0 amide bonds. The molecule has 0 heterocycles. The third kappa shape index (κ3) is 2.75. The Labute approximate surface area is 97.5 Å². The summed E-state index contributed by atoms with van der Waals surface area (Å²) in [5, 5.41) is 6.06. The lowest BCUT2D eigenvalue weighted by Crippen LogP contribution is -2.18. The van der Waals surface area contributed by atoms with Gasteiger partial charge in [-0.25, -0.2) is 0 Å². The average molecular weight is 213 g/mol. The molecule has 2 aromatic rings. The second kappa shape index (κ2) is 4.17. The summed E-state index contributed by atoms with van der Waals surface area (Å²) >= 11 is 0. The first-order chi connectivity index (χ1) is 7.54. The molecule has 0 radical (unpaired) electrons. The van der Waals surface area contributed by atoms with Gasteiger partial charge in [0.2, 0.25) is 0 Å². The number of nitrogens with one attached hydrogen (secondary N) is 1. The Balaban J connectivity index is 2.20. The Morgan fingerprint density at radius 1 is 0.938 bits per heavy atom. The minimum absolute atomic E-state index is 0.311. The average Bonchev–Trinajstić information content (AvgIpc) is 2.25. The van der Waals surface area contributed by atoms with Crippen LogP contribution >= 0.6 is 0 Å². The molecule has 2 aromatic carbocycles. The monoisotopic (exact) mass is 213 g/mol. The van der Waals surface area contributed by atoms with E-state index in [0.29, 0.717) is 5.41 Å². The molecule has 1 N–H and O–H groups in total. The number of rotatable bonds is 2. The molecule has 0 aliphatic heterocycles. The maximum Gasteiger partial charge on any atom is 0.0346 e. The van der Waals surface area contributed by atoms with Crippen molar-refractivity contribution in [3.05, 3.63) is 42.5 Å². The van der Waals surface area contributed by atoms with Crippen molar-refractivity contribution in [3.8, 4) is 0 Å². The summed E-state index contributed by atoms with van der Waals surface area (Å²) in [7, 11) is 0. The Kier molecular flexibility index (Phi) is 2.86. The SMILES string of the molecule is CC(C)(C)CNc1ccc2ccccc2c1. The van der Waals surface area contributed by atoms with Gasteiger partial charge in [-0.05, 0) is 28.3 Å². The lowest BCUT2D eigenvalue weighted by Gasteiger charge is -2.19. The molecular weight excluding hydrogens is 194 g/mol.